The fourth-order valence-electron chi connectivity index (χ4n) is 2.33. The fraction of sp³-hybridized carbons (Fsp3) is 0.600. The van der Waals surface area contributed by atoms with Crippen LogP contribution in [-0.2, 0) is 0 Å². The predicted molar refractivity (Wildman–Crippen MR) is 73.3 cm³/mol. The molecule has 0 radical (unpaired) electrons. The Hall–Kier alpha value is -1.22. The van der Waals surface area contributed by atoms with Gasteiger partial charge >= 0.3 is 0 Å². The van der Waals surface area contributed by atoms with Gasteiger partial charge in [0.15, 0.2) is 11.5 Å². The van der Waals surface area contributed by atoms with Gasteiger partial charge in [-0.2, -0.15) is 0 Å². The molecule has 1 aliphatic carbocycles. The molecular weight excluding hydrogens is 226 g/mol. The third-order valence-electron chi connectivity index (χ3n) is 3.74. The van der Waals surface area contributed by atoms with Crippen LogP contribution in [0.5, 0.6) is 11.5 Å². The lowest BCUT2D eigenvalue weighted by Crippen LogP contribution is -2.24. The van der Waals surface area contributed by atoms with Crippen LogP contribution in [0.1, 0.15) is 38.3 Å². The van der Waals surface area contributed by atoms with Crippen LogP contribution < -0.4 is 14.8 Å². The van der Waals surface area contributed by atoms with Crippen molar-refractivity contribution in [3.63, 3.8) is 0 Å². The average Bonchev–Trinajstić information content (AvgIpc) is 3.10. The zero-order valence-electron chi connectivity index (χ0n) is 11.7. The zero-order valence-corrected chi connectivity index (χ0v) is 11.7. The van der Waals surface area contributed by atoms with Gasteiger partial charge in [-0.1, -0.05) is 19.9 Å². The first-order valence-electron chi connectivity index (χ1n) is 6.67. The summed E-state index contributed by atoms with van der Waals surface area (Å²) in [5, 5.41) is 3.70. The first-order chi connectivity index (χ1) is 8.69. The molecule has 0 heterocycles. The van der Waals surface area contributed by atoms with Gasteiger partial charge in [-0.3, -0.25) is 0 Å². The van der Waals surface area contributed by atoms with Crippen LogP contribution in [0.15, 0.2) is 18.2 Å². The molecular formula is C15H23NO2. The van der Waals surface area contributed by atoms with Crippen molar-refractivity contribution in [2.45, 2.75) is 38.8 Å². The summed E-state index contributed by atoms with van der Waals surface area (Å²) in [6.45, 7) is 4.50. The summed E-state index contributed by atoms with van der Waals surface area (Å²) in [5.41, 5.74) is 1.27. The van der Waals surface area contributed by atoms with Crippen LogP contribution >= 0.6 is 0 Å². The van der Waals surface area contributed by atoms with Gasteiger partial charge in [-0.25, -0.2) is 0 Å². The lowest BCUT2D eigenvalue weighted by Gasteiger charge is -2.19. The van der Waals surface area contributed by atoms with Crippen LogP contribution in [-0.4, -0.2) is 20.3 Å². The number of hydrogen-bond acceptors (Lipinski definition) is 3. The molecule has 2 rings (SSSR count). The maximum absolute atomic E-state index is 5.36. The number of rotatable bonds is 6. The highest BCUT2D eigenvalue weighted by Gasteiger charge is 2.34. The van der Waals surface area contributed by atoms with Gasteiger partial charge in [-0.05, 0) is 36.5 Å². The summed E-state index contributed by atoms with van der Waals surface area (Å²) in [5.74, 6) is 2.41. The second kappa shape index (κ2) is 5.61. The van der Waals surface area contributed by atoms with Gasteiger partial charge in [0.1, 0.15) is 0 Å². The van der Waals surface area contributed by atoms with E-state index in [0.717, 1.165) is 23.8 Å². The minimum absolute atomic E-state index is 0.403. The van der Waals surface area contributed by atoms with Crippen molar-refractivity contribution < 1.29 is 9.47 Å². The van der Waals surface area contributed by atoms with Gasteiger partial charge in [0.2, 0.25) is 0 Å². The fourth-order valence-corrected chi connectivity index (χ4v) is 2.33. The number of nitrogens with one attached hydrogen (secondary N) is 1. The predicted octanol–water partition coefficient (Wildman–Crippen LogP) is 3.15. The van der Waals surface area contributed by atoms with E-state index in [4.69, 9.17) is 9.47 Å². The van der Waals surface area contributed by atoms with Gasteiger partial charge < -0.3 is 14.8 Å². The number of methoxy groups -OCH3 is 2. The summed E-state index contributed by atoms with van der Waals surface area (Å²) in [6.07, 6.45) is 2.38. The molecule has 1 aromatic carbocycles. The third kappa shape index (κ3) is 2.78. The third-order valence-corrected chi connectivity index (χ3v) is 3.74. The van der Waals surface area contributed by atoms with Crippen molar-refractivity contribution in [1.29, 1.82) is 0 Å². The molecule has 3 heteroatoms. The molecule has 3 atom stereocenters. The first kappa shape index (κ1) is 13.2. The van der Waals surface area contributed by atoms with Crippen LogP contribution in [0.4, 0.5) is 0 Å². The molecule has 0 spiro atoms. The Kier molecular flexibility index (Phi) is 4.12. The van der Waals surface area contributed by atoms with E-state index >= 15 is 0 Å². The lowest BCUT2D eigenvalue weighted by atomic mass is 10.0. The normalized spacial score (nSPS) is 23.6. The van der Waals surface area contributed by atoms with Gasteiger partial charge in [0.25, 0.3) is 0 Å². The highest BCUT2D eigenvalue weighted by Crippen LogP contribution is 2.35. The van der Waals surface area contributed by atoms with Crippen molar-refractivity contribution in [2.24, 2.45) is 5.92 Å². The Morgan fingerprint density at radius 1 is 1.28 bits per heavy atom. The van der Waals surface area contributed by atoms with Gasteiger partial charge in [0, 0.05) is 12.1 Å². The van der Waals surface area contributed by atoms with Gasteiger partial charge in [0.05, 0.1) is 14.2 Å². The highest BCUT2D eigenvalue weighted by atomic mass is 16.5. The zero-order chi connectivity index (χ0) is 13.1. The Labute approximate surface area is 109 Å². The van der Waals surface area contributed by atoms with E-state index in [0.29, 0.717) is 12.1 Å². The largest absolute Gasteiger partial charge is 0.493 e. The topological polar surface area (TPSA) is 30.5 Å². The smallest absolute Gasteiger partial charge is 0.161 e. The Morgan fingerprint density at radius 3 is 2.44 bits per heavy atom. The van der Waals surface area contributed by atoms with Gasteiger partial charge in [-0.15, -0.1) is 0 Å². The van der Waals surface area contributed by atoms with Crippen LogP contribution in [0.2, 0.25) is 0 Å². The molecule has 3 nitrogen and oxygen atoms in total. The molecule has 0 amide bonds. The van der Waals surface area contributed by atoms with Crippen molar-refractivity contribution in [3.8, 4) is 11.5 Å². The quantitative estimate of drug-likeness (QED) is 0.840. The van der Waals surface area contributed by atoms with E-state index in [-0.39, 0.29) is 0 Å². The number of benzene rings is 1. The lowest BCUT2D eigenvalue weighted by molar-refractivity contribution is 0.353. The van der Waals surface area contributed by atoms with Crippen LogP contribution in [0.25, 0.3) is 0 Å². The maximum Gasteiger partial charge on any atom is 0.161 e. The standard InChI is InChI=1S/C15H23NO2/c1-5-12(16-13-8-10(13)2)11-6-7-14(17-3)15(9-11)18-4/h6-7,9-10,12-13,16H,5,8H2,1-4H3. The van der Waals surface area contributed by atoms with Crippen LogP contribution in [0, 0.1) is 5.92 Å². The molecule has 0 aliphatic heterocycles. The second-order valence-corrected chi connectivity index (χ2v) is 5.06. The summed E-state index contributed by atoms with van der Waals surface area (Å²) in [6, 6.07) is 7.26. The van der Waals surface area contributed by atoms with Crippen molar-refractivity contribution in [3.05, 3.63) is 23.8 Å². The second-order valence-electron chi connectivity index (χ2n) is 5.06. The van der Waals surface area contributed by atoms with E-state index in [1.807, 2.05) is 6.07 Å². The average molecular weight is 249 g/mol. The molecule has 1 N–H and O–H groups in total. The Balaban J connectivity index is 2.14. The van der Waals surface area contributed by atoms with Crippen molar-refractivity contribution in [1.82, 2.24) is 5.32 Å². The number of hydrogen-bond donors (Lipinski definition) is 1. The van der Waals surface area contributed by atoms with Crippen LogP contribution in [0.3, 0.4) is 0 Å². The summed E-state index contributed by atoms with van der Waals surface area (Å²) in [4.78, 5) is 0. The van der Waals surface area contributed by atoms with E-state index in [1.165, 1.54) is 12.0 Å². The summed E-state index contributed by atoms with van der Waals surface area (Å²) < 4.78 is 10.6. The van der Waals surface area contributed by atoms with E-state index < -0.39 is 0 Å². The molecule has 1 aliphatic rings. The molecule has 1 saturated carbocycles. The molecule has 1 aromatic rings. The maximum atomic E-state index is 5.36. The first-order valence-corrected chi connectivity index (χ1v) is 6.67. The molecule has 1 fully saturated rings. The molecule has 18 heavy (non-hydrogen) atoms. The van der Waals surface area contributed by atoms with Crippen molar-refractivity contribution >= 4 is 0 Å². The minimum atomic E-state index is 0.403. The minimum Gasteiger partial charge on any atom is -0.493 e. The molecule has 0 aromatic heterocycles. The van der Waals surface area contributed by atoms with E-state index in [9.17, 15) is 0 Å². The highest BCUT2D eigenvalue weighted by molar-refractivity contribution is 5.43. The molecule has 3 unspecified atom stereocenters. The SMILES string of the molecule is CCC(NC1CC1C)c1ccc(OC)c(OC)c1. The Morgan fingerprint density at radius 2 is 1.94 bits per heavy atom. The van der Waals surface area contributed by atoms with E-state index in [1.54, 1.807) is 14.2 Å². The summed E-state index contributed by atoms with van der Waals surface area (Å²) in [7, 11) is 3.35. The molecule has 0 saturated heterocycles. The monoisotopic (exact) mass is 249 g/mol. The molecule has 0 bridgehead atoms. The summed E-state index contributed by atoms with van der Waals surface area (Å²) >= 11 is 0. The number of ether oxygens (including phenoxy) is 2. The molecule has 100 valence electrons. The van der Waals surface area contributed by atoms with Crippen molar-refractivity contribution in [2.75, 3.05) is 14.2 Å². The Bertz CT molecular complexity index is 405. The van der Waals surface area contributed by atoms with E-state index in [2.05, 4.69) is 31.3 Å².